The Bertz CT molecular complexity index is 541. The van der Waals surface area contributed by atoms with Crippen molar-refractivity contribution < 1.29 is 14.0 Å². The minimum absolute atomic E-state index is 0.0483. The molecule has 1 aromatic carbocycles. The number of nitrogens with zero attached hydrogens (tertiary/aromatic N) is 1. The van der Waals surface area contributed by atoms with Crippen LogP contribution >= 0.6 is 11.6 Å². The summed E-state index contributed by atoms with van der Waals surface area (Å²) in [4.78, 5) is 25.1. The highest BCUT2D eigenvalue weighted by atomic mass is 35.5. The van der Waals surface area contributed by atoms with Crippen molar-refractivity contribution in [2.24, 2.45) is 0 Å². The lowest BCUT2D eigenvalue weighted by Gasteiger charge is -2.34. The lowest BCUT2D eigenvalue weighted by molar-refractivity contribution is -0.134. The molecule has 1 aromatic rings. The molecule has 21 heavy (non-hydrogen) atoms. The lowest BCUT2D eigenvalue weighted by atomic mass is 10.1. The van der Waals surface area contributed by atoms with Crippen LogP contribution in [-0.4, -0.2) is 28.8 Å². The lowest BCUT2D eigenvalue weighted by Crippen LogP contribution is -2.45. The van der Waals surface area contributed by atoms with E-state index >= 15 is 0 Å². The van der Waals surface area contributed by atoms with Gasteiger partial charge in [-0.25, -0.2) is 4.39 Å². The molecule has 0 aromatic heterocycles. The molecule has 4 nitrogen and oxygen atoms in total. The number of amides is 2. The summed E-state index contributed by atoms with van der Waals surface area (Å²) >= 11 is 5.65. The largest absolute Gasteiger partial charge is 0.338 e. The summed E-state index contributed by atoms with van der Waals surface area (Å²) < 4.78 is 13.0. The number of hydrogen-bond acceptors (Lipinski definition) is 2. The van der Waals surface area contributed by atoms with Gasteiger partial charge in [0.1, 0.15) is 5.82 Å². The first-order valence-electron chi connectivity index (χ1n) is 6.64. The maximum Gasteiger partial charge on any atom is 0.226 e. The zero-order valence-corrected chi connectivity index (χ0v) is 13.4. The van der Waals surface area contributed by atoms with Crippen LogP contribution in [-0.2, 0) is 9.59 Å². The highest BCUT2D eigenvalue weighted by Gasteiger charge is 2.24. The minimum atomic E-state index is -0.537. The fraction of sp³-hybridized carbons (Fsp3) is 0.467. The number of carbonyl (C=O) groups is 2. The first-order chi connectivity index (χ1) is 9.61. The first-order valence-corrected chi connectivity index (χ1v) is 7.02. The van der Waals surface area contributed by atoms with Crippen LogP contribution in [0.15, 0.2) is 18.2 Å². The maximum absolute atomic E-state index is 13.0. The first kappa shape index (κ1) is 17.4. The molecule has 0 atom stereocenters. The van der Waals surface area contributed by atoms with Crippen molar-refractivity contribution in [1.29, 1.82) is 0 Å². The molecule has 1 N–H and O–H groups in total. The molecule has 0 spiro atoms. The summed E-state index contributed by atoms with van der Waals surface area (Å²) in [7, 11) is 0. The van der Waals surface area contributed by atoms with E-state index in [0.29, 0.717) is 12.2 Å². The third-order valence-corrected chi connectivity index (χ3v) is 3.25. The Balaban J connectivity index is 2.61. The number of nitrogens with one attached hydrogen (secondary N) is 1. The average molecular weight is 315 g/mol. The van der Waals surface area contributed by atoms with Crippen molar-refractivity contribution in [2.45, 2.75) is 39.7 Å². The third-order valence-electron chi connectivity index (χ3n) is 2.96. The van der Waals surface area contributed by atoms with Crippen LogP contribution in [0.5, 0.6) is 0 Å². The summed E-state index contributed by atoms with van der Waals surface area (Å²) in [6.07, 6.45) is 0.159. The molecular weight excluding hydrogens is 295 g/mol. The van der Waals surface area contributed by atoms with Crippen molar-refractivity contribution >= 4 is 29.1 Å². The Morgan fingerprint density at radius 3 is 2.43 bits per heavy atom. The van der Waals surface area contributed by atoms with E-state index < -0.39 is 5.82 Å². The Labute approximate surface area is 129 Å². The monoisotopic (exact) mass is 314 g/mol. The summed E-state index contributed by atoms with van der Waals surface area (Å²) in [5, 5.41) is 2.58. The van der Waals surface area contributed by atoms with E-state index in [1.165, 1.54) is 25.1 Å². The fourth-order valence-electron chi connectivity index (χ4n) is 1.98. The molecule has 6 heteroatoms. The number of hydrogen-bond donors (Lipinski definition) is 1. The molecule has 0 unspecified atom stereocenters. The van der Waals surface area contributed by atoms with Crippen molar-refractivity contribution in [3.05, 3.63) is 29.0 Å². The van der Waals surface area contributed by atoms with Crippen LogP contribution in [0.25, 0.3) is 0 Å². The smallest absolute Gasteiger partial charge is 0.226 e. The van der Waals surface area contributed by atoms with Gasteiger partial charge >= 0.3 is 0 Å². The second-order valence-corrected chi connectivity index (χ2v) is 6.18. The summed E-state index contributed by atoms with van der Waals surface area (Å²) in [5.74, 6) is -0.876. The van der Waals surface area contributed by atoms with Crippen LogP contribution in [0.4, 0.5) is 10.1 Å². The van der Waals surface area contributed by atoms with Gasteiger partial charge in [-0.3, -0.25) is 9.59 Å². The number of halogens is 2. The minimum Gasteiger partial charge on any atom is -0.338 e. The van der Waals surface area contributed by atoms with E-state index in [9.17, 15) is 14.0 Å². The quantitative estimate of drug-likeness (QED) is 0.925. The standard InChI is InChI=1S/C15H20ClFN2O2/c1-10(20)19(15(2,3)4)8-7-14(21)18-11-5-6-13(17)12(16)9-11/h5-6,9H,7-8H2,1-4H3,(H,18,21). The van der Waals surface area contributed by atoms with Crippen molar-refractivity contribution in [3.63, 3.8) is 0 Å². The molecule has 0 saturated carbocycles. The molecule has 0 bridgehead atoms. The fourth-order valence-corrected chi connectivity index (χ4v) is 2.16. The predicted molar refractivity (Wildman–Crippen MR) is 81.8 cm³/mol. The van der Waals surface area contributed by atoms with E-state index in [0.717, 1.165) is 0 Å². The van der Waals surface area contributed by atoms with Gasteiger partial charge in [0.15, 0.2) is 0 Å². The van der Waals surface area contributed by atoms with Gasteiger partial charge in [-0.15, -0.1) is 0 Å². The molecule has 0 saturated heterocycles. The van der Waals surface area contributed by atoms with Crippen LogP contribution < -0.4 is 5.32 Å². The van der Waals surface area contributed by atoms with Gasteiger partial charge in [-0.1, -0.05) is 11.6 Å². The van der Waals surface area contributed by atoms with Gasteiger partial charge in [0.2, 0.25) is 11.8 Å². The topological polar surface area (TPSA) is 49.4 Å². The van der Waals surface area contributed by atoms with E-state index in [1.54, 1.807) is 4.90 Å². The van der Waals surface area contributed by atoms with E-state index in [2.05, 4.69) is 5.32 Å². The Kier molecular flexibility index (Phi) is 5.72. The Morgan fingerprint density at radius 2 is 1.95 bits per heavy atom. The van der Waals surface area contributed by atoms with Crippen LogP contribution in [0, 0.1) is 5.82 Å². The van der Waals surface area contributed by atoms with Gasteiger partial charge in [0, 0.05) is 31.1 Å². The molecule has 0 aliphatic rings. The molecule has 0 fully saturated rings. The average Bonchev–Trinajstić information content (AvgIpc) is 2.32. The normalized spacial score (nSPS) is 11.1. The molecule has 2 amide bonds. The van der Waals surface area contributed by atoms with Gasteiger partial charge in [-0.05, 0) is 39.0 Å². The number of anilines is 1. The van der Waals surface area contributed by atoms with E-state index in [-0.39, 0.29) is 28.8 Å². The zero-order chi connectivity index (χ0) is 16.2. The highest BCUT2D eigenvalue weighted by Crippen LogP contribution is 2.19. The van der Waals surface area contributed by atoms with Crippen molar-refractivity contribution in [1.82, 2.24) is 4.90 Å². The van der Waals surface area contributed by atoms with Gasteiger partial charge < -0.3 is 10.2 Å². The molecule has 1 rings (SSSR count). The summed E-state index contributed by atoms with van der Waals surface area (Å²) in [6.45, 7) is 7.52. The van der Waals surface area contributed by atoms with Gasteiger partial charge in [0.25, 0.3) is 0 Å². The van der Waals surface area contributed by atoms with E-state index in [4.69, 9.17) is 11.6 Å². The van der Waals surface area contributed by atoms with Gasteiger partial charge in [0.05, 0.1) is 5.02 Å². The molecule has 0 radical (unpaired) electrons. The zero-order valence-electron chi connectivity index (χ0n) is 12.7. The highest BCUT2D eigenvalue weighted by molar-refractivity contribution is 6.31. The number of rotatable bonds is 4. The Morgan fingerprint density at radius 1 is 1.33 bits per heavy atom. The molecule has 0 heterocycles. The van der Waals surface area contributed by atoms with Crippen molar-refractivity contribution in [2.75, 3.05) is 11.9 Å². The van der Waals surface area contributed by atoms with Crippen molar-refractivity contribution in [3.8, 4) is 0 Å². The van der Waals surface area contributed by atoms with E-state index in [1.807, 2.05) is 20.8 Å². The van der Waals surface area contributed by atoms with Gasteiger partial charge in [-0.2, -0.15) is 0 Å². The maximum atomic E-state index is 13.0. The predicted octanol–water partition coefficient (Wildman–Crippen LogP) is 3.45. The molecule has 0 aliphatic carbocycles. The second-order valence-electron chi connectivity index (χ2n) is 5.77. The number of benzene rings is 1. The van der Waals surface area contributed by atoms with Crippen LogP contribution in [0.1, 0.15) is 34.1 Å². The summed E-state index contributed by atoms with van der Waals surface area (Å²) in [6, 6.07) is 3.97. The Hall–Kier alpha value is -1.62. The molecular formula is C15H20ClFN2O2. The number of carbonyl (C=O) groups excluding carboxylic acids is 2. The summed E-state index contributed by atoms with van der Waals surface area (Å²) in [5.41, 5.74) is 0.0854. The molecule has 0 aliphatic heterocycles. The SMILES string of the molecule is CC(=O)N(CCC(=O)Nc1ccc(F)c(Cl)c1)C(C)(C)C. The molecule has 116 valence electrons. The van der Waals surface area contributed by atoms with Crippen LogP contribution in [0.2, 0.25) is 5.02 Å². The second kappa shape index (κ2) is 6.89. The third kappa shape index (κ3) is 5.34. The van der Waals surface area contributed by atoms with Crippen LogP contribution in [0.3, 0.4) is 0 Å².